The van der Waals surface area contributed by atoms with Crippen molar-refractivity contribution in [1.29, 1.82) is 0 Å². The van der Waals surface area contributed by atoms with Crippen molar-refractivity contribution in [2.45, 2.75) is 53.5 Å². The van der Waals surface area contributed by atoms with Crippen molar-refractivity contribution in [3.8, 4) is 0 Å². The zero-order valence-corrected chi connectivity index (χ0v) is 14.6. The molecule has 2 heteroatoms. The summed E-state index contributed by atoms with van der Waals surface area (Å²) in [6.07, 6.45) is 2.47. The van der Waals surface area contributed by atoms with E-state index in [-0.39, 0.29) is 0 Å². The van der Waals surface area contributed by atoms with Crippen LogP contribution in [0.25, 0.3) is 0 Å². The molecule has 0 spiro atoms. The van der Waals surface area contributed by atoms with Crippen LogP contribution in [0.5, 0.6) is 0 Å². The molecule has 1 aromatic rings. The van der Waals surface area contributed by atoms with Crippen LogP contribution in [0.3, 0.4) is 0 Å². The molecule has 0 radical (unpaired) electrons. The molecule has 0 saturated heterocycles. The molecule has 1 atom stereocenters. The summed E-state index contributed by atoms with van der Waals surface area (Å²) in [5.74, 6) is 1.48. The largest absolute Gasteiger partial charge is 0.329 e. The highest BCUT2D eigenvalue weighted by atomic mass is 15.2. The van der Waals surface area contributed by atoms with Gasteiger partial charge >= 0.3 is 0 Å². The predicted molar refractivity (Wildman–Crippen MR) is 93.5 cm³/mol. The molecular formula is C19H34N2. The van der Waals surface area contributed by atoms with Crippen molar-refractivity contribution >= 4 is 0 Å². The third-order valence-electron chi connectivity index (χ3n) is 4.11. The van der Waals surface area contributed by atoms with Crippen LogP contribution in [0.15, 0.2) is 24.3 Å². The van der Waals surface area contributed by atoms with Crippen LogP contribution < -0.4 is 5.73 Å². The van der Waals surface area contributed by atoms with Crippen LogP contribution in [0.1, 0.15) is 57.7 Å². The van der Waals surface area contributed by atoms with Gasteiger partial charge in [0.1, 0.15) is 0 Å². The fraction of sp³-hybridized carbons (Fsp3) is 0.684. The van der Waals surface area contributed by atoms with Gasteiger partial charge in [-0.2, -0.15) is 0 Å². The fourth-order valence-corrected chi connectivity index (χ4v) is 2.56. The van der Waals surface area contributed by atoms with Gasteiger partial charge in [-0.3, -0.25) is 4.90 Å². The lowest BCUT2D eigenvalue weighted by atomic mass is 10.0. The van der Waals surface area contributed by atoms with E-state index in [9.17, 15) is 0 Å². The Hall–Kier alpha value is -0.860. The fourth-order valence-electron chi connectivity index (χ4n) is 2.56. The van der Waals surface area contributed by atoms with E-state index >= 15 is 0 Å². The molecule has 2 N–H and O–H groups in total. The molecule has 0 bridgehead atoms. The normalized spacial score (nSPS) is 13.4. The Morgan fingerprint density at radius 1 is 0.905 bits per heavy atom. The molecule has 0 heterocycles. The van der Waals surface area contributed by atoms with Crippen molar-refractivity contribution in [3.05, 3.63) is 35.4 Å². The second-order valence-electron chi connectivity index (χ2n) is 7.06. The van der Waals surface area contributed by atoms with Gasteiger partial charge in [0.05, 0.1) is 0 Å². The molecule has 120 valence electrons. The standard InChI is InChI=1S/C19H34N2/c1-15(2)10-12-21(13-11-16(3)4)19(14-20)18-8-6-17(5)7-9-18/h6-9,15-16,19H,10-14,20H2,1-5H3. The SMILES string of the molecule is Cc1ccc(C(CN)N(CCC(C)C)CCC(C)C)cc1. The Morgan fingerprint density at radius 3 is 1.76 bits per heavy atom. The maximum atomic E-state index is 6.11. The lowest BCUT2D eigenvalue weighted by Gasteiger charge is -2.32. The molecule has 1 aromatic carbocycles. The highest BCUT2D eigenvalue weighted by molar-refractivity contribution is 5.24. The summed E-state index contributed by atoms with van der Waals surface area (Å²) >= 11 is 0. The van der Waals surface area contributed by atoms with E-state index in [2.05, 4.69) is 63.8 Å². The van der Waals surface area contributed by atoms with E-state index in [0.717, 1.165) is 24.9 Å². The lowest BCUT2D eigenvalue weighted by Crippen LogP contribution is -2.36. The predicted octanol–water partition coefficient (Wildman–Crippen LogP) is 4.39. The summed E-state index contributed by atoms with van der Waals surface area (Å²) in [5, 5.41) is 0. The maximum absolute atomic E-state index is 6.11. The Morgan fingerprint density at radius 2 is 1.38 bits per heavy atom. The van der Waals surface area contributed by atoms with Gasteiger partial charge in [-0.1, -0.05) is 57.5 Å². The monoisotopic (exact) mass is 290 g/mol. The molecule has 0 fully saturated rings. The van der Waals surface area contributed by atoms with E-state index in [1.54, 1.807) is 0 Å². The number of benzene rings is 1. The van der Waals surface area contributed by atoms with Gasteiger partial charge in [0.15, 0.2) is 0 Å². The summed E-state index contributed by atoms with van der Waals surface area (Å²) in [7, 11) is 0. The molecule has 1 unspecified atom stereocenters. The van der Waals surface area contributed by atoms with Crippen LogP contribution >= 0.6 is 0 Å². The maximum Gasteiger partial charge on any atom is 0.0470 e. The third-order valence-corrected chi connectivity index (χ3v) is 4.11. The second kappa shape index (κ2) is 9.22. The third kappa shape index (κ3) is 6.62. The summed E-state index contributed by atoms with van der Waals surface area (Å²) in [6, 6.07) is 9.22. The number of hydrogen-bond donors (Lipinski definition) is 1. The zero-order chi connectivity index (χ0) is 15.8. The molecule has 0 aliphatic rings. The van der Waals surface area contributed by atoms with Crippen molar-refractivity contribution in [2.24, 2.45) is 17.6 Å². The van der Waals surface area contributed by atoms with E-state index < -0.39 is 0 Å². The van der Waals surface area contributed by atoms with E-state index in [0.29, 0.717) is 12.6 Å². The first kappa shape index (κ1) is 18.2. The molecule has 21 heavy (non-hydrogen) atoms. The lowest BCUT2D eigenvalue weighted by molar-refractivity contribution is 0.181. The minimum absolute atomic E-state index is 0.350. The number of nitrogens with zero attached hydrogens (tertiary/aromatic N) is 1. The average molecular weight is 290 g/mol. The highest BCUT2D eigenvalue weighted by Crippen LogP contribution is 2.22. The van der Waals surface area contributed by atoms with E-state index in [1.807, 2.05) is 0 Å². The molecule has 1 rings (SSSR count). The van der Waals surface area contributed by atoms with E-state index in [1.165, 1.54) is 24.0 Å². The second-order valence-corrected chi connectivity index (χ2v) is 7.06. The van der Waals surface area contributed by atoms with Crippen molar-refractivity contribution in [2.75, 3.05) is 19.6 Å². The Labute approximate surface area is 131 Å². The van der Waals surface area contributed by atoms with Gasteiger partial charge in [-0.15, -0.1) is 0 Å². The number of hydrogen-bond acceptors (Lipinski definition) is 2. The van der Waals surface area contributed by atoms with Gasteiger partial charge in [-0.05, 0) is 50.3 Å². The minimum Gasteiger partial charge on any atom is -0.329 e. The number of nitrogens with two attached hydrogens (primary N) is 1. The van der Waals surface area contributed by atoms with Crippen LogP contribution in [0.4, 0.5) is 0 Å². The zero-order valence-electron chi connectivity index (χ0n) is 14.6. The summed E-state index contributed by atoms with van der Waals surface area (Å²) in [5.41, 5.74) is 8.78. The molecule has 2 nitrogen and oxygen atoms in total. The first-order valence-corrected chi connectivity index (χ1v) is 8.44. The van der Waals surface area contributed by atoms with Crippen LogP contribution in [0, 0.1) is 18.8 Å². The molecule has 0 saturated carbocycles. The van der Waals surface area contributed by atoms with Crippen molar-refractivity contribution in [1.82, 2.24) is 4.90 Å². The first-order valence-electron chi connectivity index (χ1n) is 8.44. The van der Waals surface area contributed by atoms with Crippen molar-refractivity contribution in [3.63, 3.8) is 0 Å². The van der Waals surface area contributed by atoms with Gasteiger partial charge in [0.2, 0.25) is 0 Å². The van der Waals surface area contributed by atoms with Crippen molar-refractivity contribution < 1.29 is 0 Å². The summed E-state index contributed by atoms with van der Waals surface area (Å²) < 4.78 is 0. The molecular weight excluding hydrogens is 256 g/mol. The molecule has 0 aliphatic carbocycles. The van der Waals surface area contributed by atoms with Gasteiger partial charge in [0, 0.05) is 12.6 Å². The average Bonchev–Trinajstić information content (AvgIpc) is 2.43. The molecule has 0 aromatic heterocycles. The topological polar surface area (TPSA) is 29.3 Å². The number of rotatable bonds is 9. The van der Waals surface area contributed by atoms with Gasteiger partial charge < -0.3 is 5.73 Å². The van der Waals surface area contributed by atoms with Gasteiger partial charge in [-0.25, -0.2) is 0 Å². The molecule has 0 amide bonds. The van der Waals surface area contributed by atoms with Crippen LogP contribution in [-0.4, -0.2) is 24.5 Å². The Kier molecular flexibility index (Phi) is 7.98. The van der Waals surface area contributed by atoms with E-state index in [4.69, 9.17) is 5.73 Å². The van der Waals surface area contributed by atoms with Crippen LogP contribution in [-0.2, 0) is 0 Å². The highest BCUT2D eigenvalue weighted by Gasteiger charge is 2.19. The smallest absolute Gasteiger partial charge is 0.0470 e. The summed E-state index contributed by atoms with van der Waals surface area (Å²) in [6.45, 7) is 14.3. The minimum atomic E-state index is 0.350. The first-order chi connectivity index (χ1) is 9.93. The van der Waals surface area contributed by atoms with Crippen LogP contribution in [0.2, 0.25) is 0 Å². The summed E-state index contributed by atoms with van der Waals surface area (Å²) in [4.78, 5) is 2.59. The van der Waals surface area contributed by atoms with Gasteiger partial charge in [0.25, 0.3) is 0 Å². The Balaban J connectivity index is 2.82. The quantitative estimate of drug-likeness (QED) is 0.731. The molecule has 0 aliphatic heterocycles. The Bertz CT molecular complexity index is 369. The number of aryl methyl sites for hydroxylation is 1.